The van der Waals surface area contributed by atoms with E-state index < -0.39 is 11.4 Å². The Kier molecular flexibility index (Phi) is 4.83. The fourth-order valence-electron chi connectivity index (χ4n) is 3.02. The Morgan fingerprint density at radius 1 is 0.920 bits per heavy atom. The second-order valence-corrected chi connectivity index (χ2v) is 6.12. The van der Waals surface area contributed by atoms with E-state index in [9.17, 15) is 4.79 Å². The van der Waals surface area contributed by atoms with Crippen LogP contribution < -0.4 is 11.1 Å². The third-order valence-electron chi connectivity index (χ3n) is 4.35. The molecule has 4 nitrogen and oxygen atoms in total. The number of benzene rings is 2. The number of rotatable bonds is 5. The topological polar surface area (TPSA) is 68.0 Å². The van der Waals surface area contributed by atoms with Crippen LogP contribution >= 0.6 is 11.6 Å². The molecular weight excluding hydrogens is 334 g/mol. The quantitative estimate of drug-likeness (QED) is 0.740. The molecule has 0 aliphatic heterocycles. The number of nitrogens with one attached hydrogen (secondary N) is 1. The second kappa shape index (κ2) is 7.05. The SMILES string of the molecule is CNC(C(N)=O)(c1ccc(Cl)cc1)c1ccc(-c2ccncc2)cc1. The van der Waals surface area contributed by atoms with Crippen molar-refractivity contribution in [3.63, 3.8) is 0 Å². The van der Waals surface area contributed by atoms with Crippen LogP contribution in [-0.2, 0) is 10.3 Å². The maximum Gasteiger partial charge on any atom is 0.247 e. The monoisotopic (exact) mass is 351 g/mol. The predicted octanol–water partition coefficient (Wildman–Crippen LogP) is 3.35. The number of carbonyl (C=O) groups is 1. The van der Waals surface area contributed by atoms with Crippen molar-refractivity contribution in [3.8, 4) is 11.1 Å². The molecule has 0 aliphatic rings. The van der Waals surface area contributed by atoms with Crippen molar-refractivity contribution in [2.75, 3.05) is 7.05 Å². The molecule has 0 radical (unpaired) electrons. The number of hydrogen-bond donors (Lipinski definition) is 2. The van der Waals surface area contributed by atoms with Gasteiger partial charge in [-0.05, 0) is 53.6 Å². The summed E-state index contributed by atoms with van der Waals surface area (Å²) in [5.74, 6) is -0.478. The molecule has 0 fully saturated rings. The minimum absolute atomic E-state index is 0.478. The highest BCUT2D eigenvalue weighted by Crippen LogP contribution is 2.31. The van der Waals surface area contributed by atoms with Crippen LogP contribution in [0.2, 0.25) is 5.02 Å². The summed E-state index contributed by atoms with van der Waals surface area (Å²) in [5.41, 5.74) is 8.27. The second-order valence-electron chi connectivity index (χ2n) is 5.68. The number of nitrogens with zero attached hydrogens (tertiary/aromatic N) is 1. The average Bonchev–Trinajstić information content (AvgIpc) is 2.65. The van der Waals surface area contributed by atoms with Gasteiger partial charge in [0.15, 0.2) is 0 Å². The molecule has 1 unspecified atom stereocenters. The Morgan fingerprint density at radius 3 is 1.88 bits per heavy atom. The van der Waals surface area contributed by atoms with Gasteiger partial charge in [-0.15, -0.1) is 0 Å². The number of hydrogen-bond acceptors (Lipinski definition) is 3. The Bertz CT molecular complexity index is 864. The lowest BCUT2D eigenvalue weighted by Crippen LogP contribution is -2.52. The molecule has 1 aromatic heterocycles. The van der Waals surface area contributed by atoms with Crippen LogP contribution in [0.3, 0.4) is 0 Å². The number of likely N-dealkylation sites (N-methyl/N-ethyl adjacent to an activating group) is 1. The summed E-state index contributed by atoms with van der Waals surface area (Å²) in [5, 5.41) is 3.70. The largest absolute Gasteiger partial charge is 0.367 e. The Labute approximate surface area is 151 Å². The zero-order valence-electron chi connectivity index (χ0n) is 13.7. The van der Waals surface area contributed by atoms with Gasteiger partial charge in [0, 0.05) is 17.4 Å². The molecule has 1 heterocycles. The van der Waals surface area contributed by atoms with Gasteiger partial charge in [0.05, 0.1) is 0 Å². The first-order valence-electron chi connectivity index (χ1n) is 7.83. The van der Waals surface area contributed by atoms with Crippen LogP contribution in [0.15, 0.2) is 73.1 Å². The molecule has 0 saturated carbocycles. The smallest absolute Gasteiger partial charge is 0.247 e. The minimum Gasteiger partial charge on any atom is -0.367 e. The van der Waals surface area contributed by atoms with E-state index in [1.807, 2.05) is 36.4 Å². The minimum atomic E-state index is -1.12. The van der Waals surface area contributed by atoms with E-state index in [0.29, 0.717) is 5.02 Å². The molecule has 3 aromatic rings. The van der Waals surface area contributed by atoms with E-state index in [1.54, 1.807) is 43.7 Å². The summed E-state index contributed by atoms with van der Waals surface area (Å²) in [7, 11) is 1.72. The summed E-state index contributed by atoms with van der Waals surface area (Å²) < 4.78 is 0. The number of carbonyl (C=O) groups excluding carboxylic acids is 1. The molecule has 0 aliphatic carbocycles. The predicted molar refractivity (Wildman–Crippen MR) is 100 cm³/mol. The summed E-state index contributed by atoms with van der Waals surface area (Å²) >= 11 is 5.98. The number of halogens is 1. The highest BCUT2D eigenvalue weighted by atomic mass is 35.5. The van der Waals surface area contributed by atoms with Gasteiger partial charge in [-0.2, -0.15) is 0 Å². The number of nitrogens with two attached hydrogens (primary N) is 1. The van der Waals surface area contributed by atoms with Gasteiger partial charge in [0.2, 0.25) is 5.91 Å². The van der Waals surface area contributed by atoms with Crippen LogP contribution in [0, 0.1) is 0 Å². The molecule has 5 heteroatoms. The fourth-order valence-corrected chi connectivity index (χ4v) is 3.15. The molecule has 0 bridgehead atoms. The van der Waals surface area contributed by atoms with Gasteiger partial charge >= 0.3 is 0 Å². The van der Waals surface area contributed by atoms with Crippen molar-refractivity contribution in [1.82, 2.24) is 10.3 Å². The van der Waals surface area contributed by atoms with Gasteiger partial charge in [-0.3, -0.25) is 15.1 Å². The van der Waals surface area contributed by atoms with E-state index in [4.69, 9.17) is 17.3 Å². The Morgan fingerprint density at radius 2 is 1.40 bits per heavy atom. The zero-order valence-corrected chi connectivity index (χ0v) is 14.5. The number of primary amides is 1. The molecular formula is C20H18ClN3O. The van der Waals surface area contributed by atoms with E-state index in [2.05, 4.69) is 10.3 Å². The molecule has 0 spiro atoms. The lowest BCUT2D eigenvalue weighted by atomic mass is 9.81. The van der Waals surface area contributed by atoms with Crippen LogP contribution in [0.25, 0.3) is 11.1 Å². The number of aromatic nitrogens is 1. The number of amides is 1. The van der Waals surface area contributed by atoms with Gasteiger partial charge in [0.1, 0.15) is 5.54 Å². The van der Waals surface area contributed by atoms with Crippen molar-refractivity contribution in [1.29, 1.82) is 0 Å². The molecule has 0 saturated heterocycles. The first-order valence-corrected chi connectivity index (χ1v) is 8.21. The number of pyridine rings is 1. The van der Waals surface area contributed by atoms with Crippen molar-refractivity contribution in [2.45, 2.75) is 5.54 Å². The van der Waals surface area contributed by atoms with E-state index >= 15 is 0 Å². The lowest BCUT2D eigenvalue weighted by Gasteiger charge is -2.31. The van der Waals surface area contributed by atoms with Crippen molar-refractivity contribution >= 4 is 17.5 Å². The summed E-state index contributed by atoms with van der Waals surface area (Å²) in [4.78, 5) is 16.4. The molecule has 1 amide bonds. The summed E-state index contributed by atoms with van der Waals surface area (Å²) in [6.07, 6.45) is 3.50. The highest BCUT2D eigenvalue weighted by Gasteiger charge is 2.38. The first-order chi connectivity index (χ1) is 12.1. The fraction of sp³-hybridized carbons (Fsp3) is 0.100. The van der Waals surface area contributed by atoms with Crippen molar-refractivity contribution in [2.24, 2.45) is 5.73 Å². The normalized spacial score (nSPS) is 13.2. The zero-order chi connectivity index (χ0) is 17.9. The lowest BCUT2D eigenvalue weighted by molar-refractivity contribution is -0.123. The van der Waals surface area contributed by atoms with Crippen LogP contribution in [0.1, 0.15) is 11.1 Å². The molecule has 126 valence electrons. The van der Waals surface area contributed by atoms with Crippen LogP contribution in [0.5, 0.6) is 0 Å². The molecule has 25 heavy (non-hydrogen) atoms. The van der Waals surface area contributed by atoms with Crippen molar-refractivity contribution in [3.05, 3.63) is 89.2 Å². The average molecular weight is 352 g/mol. The van der Waals surface area contributed by atoms with Gasteiger partial charge < -0.3 is 5.73 Å². The third kappa shape index (κ3) is 3.14. The van der Waals surface area contributed by atoms with Crippen LogP contribution in [-0.4, -0.2) is 17.9 Å². The third-order valence-corrected chi connectivity index (χ3v) is 4.61. The summed E-state index contributed by atoms with van der Waals surface area (Å²) in [6, 6.07) is 18.7. The highest BCUT2D eigenvalue weighted by molar-refractivity contribution is 6.30. The van der Waals surface area contributed by atoms with E-state index in [0.717, 1.165) is 22.3 Å². The first kappa shape index (κ1) is 17.1. The van der Waals surface area contributed by atoms with E-state index in [-0.39, 0.29) is 0 Å². The van der Waals surface area contributed by atoms with Crippen molar-refractivity contribution < 1.29 is 4.79 Å². The molecule has 2 aromatic carbocycles. The molecule has 1 atom stereocenters. The maximum absolute atomic E-state index is 12.4. The standard InChI is InChI=1S/C20H18ClN3O/c1-23-20(19(22)25,17-6-8-18(21)9-7-17)16-4-2-14(3-5-16)15-10-12-24-13-11-15/h2-13,23H,1H3,(H2,22,25). The Hall–Kier alpha value is -2.69. The van der Waals surface area contributed by atoms with Crippen LogP contribution in [0.4, 0.5) is 0 Å². The summed E-state index contributed by atoms with van der Waals surface area (Å²) in [6.45, 7) is 0. The maximum atomic E-state index is 12.4. The molecule has 3 rings (SSSR count). The van der Waals surface area contributed by atoms with Gasteiger partial charge in [-0.1, -0.05) is 48.0 Å². The van der Waals surface area contributed by atoms with E-state index in [1.165, 1.54) is 0 Å². The molecule has 3 N–H and O–H groups in total. The van der Waals surface area contributed by atoms with Gasteiger partial charge in [-0.25, -0.2) is 0 Å². The Balaban J connectivity index is 2.08. The van der Waals surface area contributed by atoms with Gasteiger partial charge in [0.25, 0.3) is 0 Å².